The summed E-state index contributed by atoms with van der Waals surface area (Å²) in [5, 5.41) is 4.50. The first kappa shape index (κ1) is 16.1. The zero-order chi connectivity index (χ0) is 17.9. The molecule has 0 aliphatic rings. The van der Waals surface area contributed by atoms with E-state index in [9.17, 15) is 0 Å². The van der Waals surface area contributed by atoms with Gasteiger partial charge in [-0.05, 0) is 18.2 Å². The standard InChI is InChI=1S/C20H19N5O/c1-25-12-11-21-20(25)18(15-8-4-6-10-17(15)26-2)24-19-14-7-3-5-9-16(14)22-13-23-19/h3-13,18H,1-2H3,(H,22,23,24). The number of nitrogens with zero attached hydrogens (tertiary/aromatic N) is 4. The van der Waals surface area contributed by atoms with Crippen molar-refractivity contribution in [2.75, 3.05) is 12.4 Å². The Bertz CT molecular complexity index is 1040. The van der Waals surface area contributed by atoms with Gasteiger partial charge in [-0.15, -0.1) is 0 Å². The molecule has 1 N–H and O–H groups in total. The molecule has 2 aromatic carbocycles. The molecule has 2 aromatic heterocycles. The highest BCUT2D eigenvalue weighted by atomic mass is 16.5. The SMILES string of the molecule is COc1ccccc1C(Nc1ncnc2ccccc12)c1nccn1C. The number of rotatable bonds is 5. The van der Waals surface area contributed by atoms with Crippen LogP contribution in [0.1, 0.15) is 17.4 Å². The molecular weight excluding hydrogens is 326 g/mol. The van der Waals surface area contributed by atoms with E-state index in [4.69, 9.17) is 4.74 Å². The highest BCUT2D eigenvalue weighted by Gasteiger charge is 2.23. The van der Waals surface area contributed by atoms with Gasteiger partial charge in [-0.2, -0.15) is 0 Å². The van der Waals surface area contributed by atoms with Gasteiger partial charge in [0.15, 0.2) is 0 Å². The first-order valence-corrected chi connectivity index (χ1v) is 8.34. The Morgan fingerprint density at radius 1 is 1.00 bits per heavy atom. The molecule has 2 heterocycles. The lowest BCUT2D eigenvalue weighted by Crippen LogP contribution is -2.18. The number of aryl methyl sites for hydroxylation is 1. The van der Waals surface area contributed by atoms with Crippen LogP contribution in [0.25, 0.3) is 10.9 Å². The second-order valence-electron chi connectivity index (χ2n) is 5.96. The van der Waals surface area contributed by atoms with E-state index in [1.165, 1.54) is 0 Å². The Kier molecular flexibility index (Phi) is 4.23. The fourth-order valence-electron chi connectivity index (χ4n) is 3.10. The van der Waals surface area contributed by atoms with Crippen LogP contribution in [0.15, 0.2) is 67.3 Å². The summed E-state index contributed by atoms with van der Waals surface area (Å²) in [5.41, 5.74) is 1.88. The summed E-state index contributed by atoms with van der Waals surface area (Å²) in [6.45, 7) is 0. The highest BCUT2D eigenvalue weighted by molar-refractivity contribution is 5.88. The molecule has 0 saturated carbocycles. The minimum atomic E-state index is -0.218. The fourth-order valence-corrected chi connectivity index (χ4v) is 3.10. The Labute approximate surface area is 151 Å². The molecule has 6 heteroatoms. The van der Waals surface area contributed by atoms with E-state index in [1.807, 2.05) is 66.3 Å². The number of hydrogen-bond acceptors (Lipinski definition) is 5. The number of imidazole rings is 1. The number of nitrogens with one attached hydrogen (secondary N) is 1. The average molecular weight is 345 g/mol. The lowest BCUT2D eigenvalue weighted by Gasteiger charge is -2.22. The van der Waals surface area contributed by atoms with Crippen molar-refractivity contribution in [1.82, 2.24) is 19.5 Å². The number of benzene rings is 2. The fraction of sp³-hybridized carbons (Fsp3) is 0.150. The van der Waals surface area contributed by atoms with E-state index in [-0.39, 0.29) is 6.04 Å². The maximum Gasteiger partial charge on any atom is 0.138 e. The Hall–Kier alpha value is -3.41. The maximum atomic E-state index is 5.58. The van der Waals surface area contributed by atoms with Crippen LogP contribution in [0.2, 0.25) is 0 Å². The van der Waals surface area contributed by atoms with Gasteiger partial charge in [0.2, 0.25) is 0 Å². The van der Waals surface area contributed by atoms with Crippen LogP contribution in [0.3, 0.4) is 0 Å². The van der Waals surface area contributed by atoms with Crippen LogP contribution in [-0.4, -0.2) is 26.6 Å². The smallest absolute Gasteiger partial charge is 0.138 e. The van der Waals surface area contributed by atoms with E-state index in [0.29, 0.717) is 0 Å². The van der Waals surface area contributed by atoms with Gasteiger partial charge in [-0.3, -0.25) is 0 Å². The second kappa shape index (κ2) is 6.84. The normalized spacial score (nSPS) is 12.1. The Morgan fingerprint density at radius 2 is 1.81 bits per heavy atom. The molecule has 0 saturated heterocycles. The van der Waals surface area contributed by atoms with Gasteiger partial charge in [-0.1, -0.05) is 30.3 Å². The zero-order valence-corrected chi connectivity index (χ0v) is 14.6. The summed E-state index contributed by atoms with van der Waals surface area (Å²) in [6.07, 6.45) is 5.29. The number of hydrogen-bond donors (Lipinski definition) is 1. The molecule has 1 unspecified atom stereocenters. The predicted molar refractivity (Wildman–Crippen MR) is 101 cm³/mol. The third-order valence-corrected chi connectivity index (χ3v) is 4.39. The monoisotopic (exact) mass is 345 g/mol. The average Bonchev–Trinajstić information content (AvgIpc) is 3.12. The molecule has 0 fully saturated rings. The topological polar surface area (TPSA) is 64.9 Å². The molecule has 4 aromatic rings. The largest absolute Gasteiger partial charge is 0.496 e. The van der Waals surface area contributed by atoms with Gasteiger partial charge in [0.05, 0.1) is 12.6 Å². The number of aromatic nitrogens is 4. The summed E-state index contributed by atoms with van der Waals surface area (Å²) < 4.78 is 7.57. The van der Waals surface area contributed by atoms with Crippen molar-refractivity contribution < 1.29 is 4.74 Å². The third kappa shape index (κ3) is 2.86. The summed E-state index contributed by atoms with van der Waals surface area (Å²) in [4.78, 5) is 13.4. The predicted octanol–water partition coefficient (Wildman–Crippen LogP) is 3.57. The van der Waals surface area contributed by atoms with Gasteiger partial charge in [0.25, 0.3) is 0 Å². The lowest BCUT2D eigenvalue weighted by molar-refractivity contribution is 0.408. The number of para-hydroxylation sites is 2. The number of ether oxygens (including phenoxy) is 1. The van der Waals surface area contributed by atoms with Gasteiger partial charge in [-0.25, -0.2) is 15.0 Å². The number of anilines is 1. The summed E-state index contributed by atoms with van der Waals surface area (Å²) >= 11 is 0. The van der Waals surface area contributed by atoms with Crippen molar-refractivity contribution >= 4 is 16.7 Å². The molecule has 0 amide bonds. The van der Waals surface area contributed by atoms with Gasteiger partial charge in [0, 0.05) is 30.4 Å². The molecule has 6 nitrogen and oxygen atoms in total. The minimum Gasteiger partial charge on any atom is -0.496 e. The lowest BCUT2D eigenvalue weighted by atomic mass is 10.0. The van der Waals surface area contributed by atoms with E-state index < -0.39 is 0 Å². The Morgan fingerprint density at radius 3 is 2.62 bits per heavy atom. The number of fused-ring (bicyclic) bond motifs is 1. The summed E-state index contributed by atoms with van der Waals surface area (Å²) in [6, 6.07) is 15.6. The maximum absolute atomic E-state index is 5.58. The molecule has 1 atom stereocenters. The molecular formula is C20H19N5O. The number of methoxy groups -OCH3 is 1. The molecule has 0 bridgehead atoms. The van der Waals surface area contributed by atoms with Crippen molar-refractivity contribution in [3.63, 3.8) is 0 Å². The van der Waals surface area contributed by atoms with Gasteiger partial charge in [0.1, 0.15) is 29.8 Å². The van der Waals surface area contributed by atoms with Crippen LogP contribution < -0.4 is 10.1 Å². The van der Waals surface area contributed by atoms with Crippen molar-refractivity contribution in [1.29, 1.82) is 0 Å². The zero-order valence-electron chi connectivity index (χ0n) is 14.6. The highest BCUT2D eigenvalue weighted by Crippen LogP contribution is 2.33. The second-order valence-corrected chi connectivity index (χ2v) is 5.96. The van der Waals surface area contributed by atoms with E-state index in [0.717, 1.165) is 33.9 Å². The molecule has 4 rings (SSSR count). The van der Waals surface area contributed by atoms with Crippen LogP contribution in [0.4, 0.5) is 5.82 Å². The molecule has 130 valence electrons. The van der Waals surface area contributed by atoms with Gasteiger partial charge >= 0.3 is 0 Å². The van der Waals surface area contributed by atoms with Crippen molar-refractivity contribution in [2.24, 2.45) is 7.05 Å². The van der Waals surface area contributed by atoms with Crippen molar-refractivity contribution in [3.8, 4) is 5.75 Å². The van der Waals surface area contributed by atoms with Crippen molar-refractivity contribution in [3.05, 3.63) is 78.6 Å². The van der Waals surface area contributed by atoms with Gasteiger partial charge < -0.3 is 14.6 Å². The van der Waals surface area contributed by atoms with E-state index in [2.05, 4.69) is 20.3 Å². The van der Waals surface area contributed by atoms with E-state index >= 15 is 0 Å². The Balaban J connectivity index is 1.85. The van der Waals surface area contributed by atoms with E-state index in [1.54, 1.807) is 19.6 Å². The minimum absolute atomic E-state index is 0.218. The van der Waals surface area contributed by atoms with Crippen LogP contribution in [0.5, 0.6) is 5.75 Å². The first-order valence-electron chi connectivity index (χ1n) is 8.34. The van der Waals surface area contributed by atoms with Crippen LogP contribution in [0, 0.1) is 0 Å². The van der Waals surface area contributed by atoms with Crippen LogP contribution in [-0.2, 0) is 7.05 Å². The first-order chi connectivity index (χ1) is 12.8. The van der Waals surface area contributed by atoms with Crippen molar-refractivity contribution in [2.45, 2.75) is 6.04 Å². The molecule has 0 aliphatic heterocycles. The molecule has 0 spiro atoms. The summed E-state index contributed by atoms with van der Waals surface area (Å²) in [5.74, 6) is 2.43. The molecule has 26 heavy (non-hydrogen) atoms. The van der Waals surface area contributed by atoms with Crippen LogP contribution >= 0.6 is 0 Å². The molecule has 0 aliphatic carbocycles. The quantitative estimate of drug-likeness (QED) is 0.599. The molecule has 0 radical (unpaired) electrons. The third-order valence-electron chi connectivity index (χ3n) is 4.39. The summed E-state index contributed by atoms with van der Waals surface area (Å²) in [7, 11) is 3.65.